The van der Waals surface area contributed by atoms with Crippen molar-refractivity contribution in [1.82, 2.24) is 14.8 Å². The van der Waals surface area contributed by atoms with E-state index in [0.29, 0.717) is 33.3 Å². The number of aromatic nitrogens is 3. The van der Waals surface area contributed by atoms with Gasteiger partial charge in [0.25, 0.3) is 0 Å². The third-order valence-electron chi connectivity index (χ3n) is 3.61. The Balaban J connectivity index is 1.72. The molecule has 0 aliphatic heterocycles. The highest BCUT2D eigenvalue weighted by atomic mass is 35.5. The van der Waals surface area contributed by atoms with Crippen LogP contribution in [0, 0.1) is 5.82 Å². The van der Waals surface area contributed by atoms with Crippen LogP contribution in [0.1, 0.15) is 0 Å². The lowest BCUT2D eigenvalue weighted by Crippen LogP contribution is -2.14. The number of hydrogen-bond acceptors (Lipinski definition) is 4. The summed E-state index contributed by atoms with van der Waals surface area (Å²) < 4.78 is 15.0. The van der Waals surface area contributed by atoms with E-state index in [-0.39, 0.29) is 17.5 Å². The van der Waals surface area contributed by atoms with Crippen molar-refractivity contribution in [1.29, 1.82) is 0 Å². The maximum absolute atomic E-state index is 13.2. The van der Waals surface area contributed by atoms with Crippen LogP contribution in [0.5, 0.6) is 0 Å². The Morgan fingerprint density at radius 2 is 1.86 bits per heavy atom. The summed E-state index contributed by atoms with van der Waals surface area (Å²) in [5.74, 6) is 0.123. The monoisotopic (exact) mass is 436 g/mol. The zero-order valence-electron chi connectivity index (χ0n) is 14.5. The number of anilines is 1. The Hall–Kier alpha value is -2.35. The van der Waals surface area contributed by atoms with E-state index in [1.54, 1.807) is 36.4 Å². The van der Waals surface area contributed by atoms with Gasteiger partial charge in [0.15, 0.2) is 11.0 Å². The molecule has 1 aromatic heterocycles. The van der Waals surface area contributed by atoms with Crippen LogP contribution in [0.25, 0.3) is 11.4 Å². The van der Waals surface area contributed by atoms with E-state index in [0.717, 1.165) is 5.56 Å². The van der Waals surface area contributed by atoms with Crippen LogP contribution in [0.2, 0.25) is 10.0 Å². The molecule has 0 aliphatic rings. The van der Waals surface area contributed by atoms with Crippen molar-refractivity contribution < 1.29 is 9.18 Å². The molecule has 0 atom stereocenters. The van der Waals surface area contributed by atoms with Crippen LogP contribution < -0.4 is 5.32 Å². The number of thioether (sulfide) groups is 1. The van der Waals surface area contributed by atoms with Crippen LogP contribution >= 0.6 is 35.0 Å². The van der Waals surface area contributed by atoms with Gasteiger partial charge in [-0.05, 0) is 42.5 Å². The van der Waals surface area contributed by atoms with Gasteiger partial charge in [0, 0.05) is 27.8 Å². The van der Waals surface area contributed by atoms with E-state index in [9.17, 15) is 9.18 Å². The average molecular weight is 437 g/mol. The van der Waals surface area contributed by atoms with Crippen molar-refractivity contribution in [2.75, 3.05) is 11.1 Å². The van der Waals surface area contributed by atoms with Gasteiger partial charge in [-0.15, -0.1) is 16.8 Å². The fourth-order valence-corrected chi connectivity index (χ4v) is 3.73. The molecule has 5 nitrogen and oxygen atoms in total. The van der Waals surface area contributed by atoms with E-state index in [1.165, 1.54) is 23.9 Å². The summed E-state index contributed by atoms with van der Waals surface area (Å²) in [5, 5.41) is 12.5. The van der Waals surface area contributed by atoms with Crippen molar-refractivity contribution in [3.63, 3.8) is 0 Å². The molecule has 0 spiro atoms. The molecule has 9 heteroatoms. The summed E-state index contributed by atoms with van der Waals surface area (Å²) >= 11 is 13.1. The molecule has 1 amide bonds. The number of halogens is 3. The van der Waals surface area contributed by atoms with Crippen molar-refractivity contribution in [2.45, 2.75) is 11.7 Å². The Morgan fingerprint density at radius 3 is 2.50 bits per heavy atom. The van der Waals surface area contributed by atoms with E-state index in [2.05, 4.69) is 22.1 Å². The predicted octanol–water partition coefficient (Wildman–Crippen LogP) is 5.31. The minimum Gasteiger partial charge on any atom is -0.325 e. The highest BCUT2D eigenvalue weighted by molar-refractivity contribution is 7.99. The lowest BCUT2D eigenvalue weighted by molar-refractivity contribution is -0.113. The molecule has 3 aromatic rings. The van der Waals surface area contributed by atoms with Gasteiger partial charge < -0.3 is 5.32 Å². The quantitative estimate of drug-likeness (QED) is 0.402. The number of carbonyl (C=O) groups is 1. The lowest BCUT2D eigenvalue weighted by Gasteiger charge is -2.08. The van der Waals surface area contributed by atoms with Gasteiger partial charge in [-0.3, -0.25) is 9.36 Å². The molecule has 0 radical (unpaired) electrons. The van der Waals surface area contributed by atoms with Crippen LogP contribution in [0.4, 0.5) is 10.1 Å². The highest BCUT2D eigenvalue weighted by Gasteiger charge is 2.15. The van der Waals surface area contributed by atoms with Crippen LogP contribution in [-0.2, 0) is 11.3 Å². The third-order valence-corrected chi connectivity index (χ3v) is 5.01. The zero-order valence-corrected chi connectivity index (χ0v) is 16.9. The first-order valence-electron chi connectivity index (χ1n) is 8.15. The third kappa shape index (κ3) is 5.13. The van der Waals surface area contributed by atoms with Crippen molar-refractivity contribution in [3.8, 4) is 11.4 Å². The minimum absolute atomic E-state index is 0.114. The number of amides is 1. The summed E-state index contributed by atoms with van der Waals surface area (Å²) in [6.45, 7) is 4.20. The smallest absolute Gasteiger partial charge is 0.234 e. The van der Waals surface area contributed by atoms with Gasteiger partial charge in [0.05, 0.1) is 5.75 Å². The molecule has 0 saturated carbocycles. The number of nitrogens with one attached hydrogen (secondary N) is 1. The normalized spacial score (nSPS) is 10.7. The maximum atomic E-state index is 13.2. The van der Waals surface area contributed by atoms with Crippen molar-refractivity contribution in [2.24, 2.45) is 0 Å². The van der Waals surface area contributed by atoms with Crippen LogP contribution in [-0.4, -0.2) is 26.4 Å². The molecule has 3 rings (SSSR count). The second kappa shape index (κ2) is 9.23. The Bertz CT molecular complexity index is 987. The van der Waals surface area contributed by atoms with Crippen LogP contribution in [0.3, 0.4) is 0 Å². The number of hydrogen-bond donors (Lipinski definition) is 1. The standard InChI is InChI=1S/C19H15Cl2FN4OS/c1-2-7-26-18(12-3-5-15(22)6-4-12)24-25-19(26)28-11-17(27)23-16-9-13(20)8-14(21)10-16/h2-6,8-10H,1,7,11H2,(H,23,27). The Morgan fingerprint density at radius 1 is 1.18 bits per heavy atom. The van der Waals surface area contributed by atoms with Gasteiger partial charge in [-0.2, -0.15) is 0 Å². The highest BCUT2D eigenvalue weighted by Crippen LogP contribution is 2.25. The first-order valence-corrected chi connectivity index (χ1v) is 9.89. The van der Waals surface area contributed by atoms with Crippen molar-refractivity contribution >= 4 is 46.6 Å². The molecule has 0 bridgehead atoms. The van der Waals surface area contributed by atoms with E-state index in [4.69, 9.17) is 23.2 Å². The van der Waals surface area contributed by atoms with E-state index in [1.807, 2.05) is 4.57 Å². The molecule has 28 heavy (non-hydrogen) atoms. The molecular weight excluding hydrogens is 422 g/mol. The fraction of sp³-hybridized carbons (Fsp3) is 0.105. The van der Waals surface area contributed by atoms with E-state index >= 15 is 0 Å². The zero-order chi connectivity index (χ0) is 20.1. The lowest BCUT2D eigenvalue weighted by atomic mass is 10.2. The topological polar surface area (TPSA) is 59.8 Å². The number of rotatable bonds is 7. The van der Waals surface area contributed by atoms with E-state index < -0.39 is 0 Å². The molecule has 0 aliphatic carbocycles. The molecule has 0 saturated heterocycles. The number of carbonyl (C=O) groups excluding carboxylic acids is 1. The van der Waals surface area contributed by atoms with Crippen molar-refractivity contribution in [3.05, 3.63) is 71.0 Å². The van der Waals surface area contributed by atoms with Crippen LogP contribution in [0.15, 0.2) is 60.3 Å². The largest absolute Gasteiger partial charge is 0.325 e. The molecule has 0 fully saturated rings. The number of nitrogens with zero attached hydrogens (tertiary/aromatic N) is 3. The Kier molecular flexibility index (Phi) is 6.72. The molecule has 1 heterocycles. The molecular formula is C19H15Cl2FN4OS. The van der Waals surface area contributed by atoms with Gasteiger partial charge in [-0.1, -0.05) is 41.0 Å². The predicted molar refractivity (Wildman–Crippen MR) is 111 cm³/mol. The summed E-state index contributed by atoms with van der Waals surface area (Å²) in [6, 6.07) is 10.8. The first-order chi connectivity index (χ1) is 13.5. The SMILES string of the molecule is C=CCn1c(SCC(=O)Nc2cc(Cl)cc(Cl)c2)nnc1-c1ccc(F)cc1. The fourth-order valence-electron chi connectivity index (χ4n) is 2.45. The summed E-state index contributed by atoms with van der Waals surface area (Å²) in [7, 11) is 0. The second-order valence-electron chi connectivity index (χ2n) is 5.71. The van der Waals surface area contributed by atoms with Gasteiger partial charge in [0.2, 0.25) is 5.91 Å². The molecule has 0 unspecified atom stereocenters. The first kappa shape index (κ1) is 20.4. The molecule has 144 valence electrons. The van der Waals surface area contributed by atoms with Gasteiger partial charge in [0.1, 0.15) is 5.82 Å². The van der Waals surface area contributed by atoms with Gasteiger partial charge in [-0.25, -0.2) is 4.39 Å². The van der Waals surface area contributed by atoms with Gasteiger partial charge >= 0.3 is 0 Å². The summed E-state index contributed by atoms with van der Waals surface area (Å²) in [6.07, 6.45) is 1.70. The molecule has 2 aromatic carbocycles. The Labute approximate surface area is 175 Å². The number of benzene rings is 2. The number of allylic oxidation sites excluding steroid dienone is 1. The average Bonchev–Trinajstić information content (AvgIpc) is 3.03. The maximum Gasteiger partial charge on any atom is 0.234 e. The summed E-state index contributed by atoms with van der Waals surface area (Å²) in [5.41, 5.74) is 1.24. The summed E-state index contributed by atoms with van der Waals surface area (Å²) in [4.78, 5) is 12.3. The second-order valence-corrected chi connectivity index (χ2v) is 7.52. The minimum atomic E-state index is -0.328. The molecule has 1 N–H and O–H groups in total.